The van der Waals surface area contributed by atoms with Gasteiger partial charge in [-0.3, -0.25) is 10.1 Å². The maximum atomic E-state index is 11.7. The number of carboxylic acids is 1. The Kier molecular flexibility index (Phi) is 2.80. The largest absolute Gasteiger partial charge is 0.480 e. The van der Waals surface area contributed by atoms with Gasteiger partial charge in [0, 0.05) is 23.0 Å². The Balaban J connectivity index is 1.65. The molecule has 3 atom stereocenters. The second-order valence-corrected chi connectivity index (χ2v) is 6.30. The molecule has 126 valence electrons. The zero-order chi connectivity index (χ0) is 17.8. The highest BCUT2D eigenvalue weighted by Crippen LogP contribution is 2.39. The Hall–Kier alpha value is -2.99. The van der Waals surface area contributed by atoms with Gasteiger partial charge in [-0.15, -0.1) is 0 Å². The van der Waals surface area contributed by atoms with Gasteiger partial charge >= 0.3 is 5.97 Å². The third-order valence-corrected chi connectivity index (χ3v) is 4.86. The van der Waals surface area contributed by atoms with Crippen LogP contribution in [0.5, 0.6) is 11.5 Å². The van der Waals surface area contributed by atoms with Gasteiger partial charge in [0.1, 0.15) is 7.41 Å². The monoisotopic (exact) mass is 337 g/mol. The van der Waals surface area contributed by atoms with E-state index in [-0.39, 0.29) is 6.04 Å². The molecule has 0 spiro atoms. The summed E-state index contributed by atoms with van der Waals surface area (Å²) in [4.78, 5) is 15.1. The molecule has 6 nitrogen and oxygen atoms in total. The first-order valence-corrected chi connectivity index (χ1v) is 8.08. The van der Waals surface area contributed by atoms with Crippen molar-refractivity contribution in [1.82, 2.24) is 10.3 Å². The van der Waals surface area contributed by atoms with E-state index in [0.29, 0.717) is 17.9 Å². The molecular formula is C19H16N2O4. The summed E-state index contributed by atoms with van der Waals surface area (Å²) in [6.07, 6.45) is 0.421. The third-order valence-electron chi connectivity index (χ3n) is 4.86. The predicted molar refractivity (Wildman–Crippen MR) is 91.0 cm³/mol. The predicted octanol–water partition coefficient (Wildman–Crippen LogP) is 2.58. The molecule has 0 saturated carbocycles. The molecule has 3 unspecified atom stereocenters. The fraction of sp³-hybridized carbons (Fsp3) is 0.211. The highest BCUT2D eigenvalue weighted by Gasteiger charge is 2.34. The van der Waals surface area contributed by atoms with Crippen molar-refractivity contribution >= 4 is 16.9 Å². The summed E-state index contributed by atoms with van der Waals surface area (Å²) in [5.41, 5.74) is 3.83. The zero-order valence-corrected chi connectivity index (χ0v) is 13.2. The van der Waals surface area contributed by atoms with Crippen LogP contribution >= 0.6 is 0 Å². The summed E-state index contributed by atoms with van der Waals surface area (Å²) in [6, 6.07) is 12.4. The minimum atomic E-state index is -1.06. The van der Waals surface area contributed by atoms with E-state index < -0.39 is 18.8 Å². The van der Waals surface area contributed by atoms with Gasteiger partial charge in [-0.25, -0.2) is 0 Å². The SMILES string of the molecule is [2H]C1Oc2ccc(C3NC(C(=O)O)Cc4c3[nH]c3ccccc43)cc2O1. The molecule has 6 heteroatoms. The van der Waals surface area contributed by atoms with Gasteiger partial charge < -0.3 is 19.6 Å². The maximum absolute atomic E-state index is 11.7. The maximum Gasteiger partial charge on any atom is 0.321 e. The lowest BCUT2D eigenvalue weighted by atomic mass is 9.90. The summed E-state index contributed by atoms with van der Waals surface area (Å²) >= 11 is 0. The lowest BCUT2D eigenvalue weighted by Crippen LogP contribution is -2.44. The Morgan fingerprint density at radius 2 is 2.04 bits per heavy atom. The van der Waals surface area contributed by atoms with Gasteiger partial charge in [0.2, 0.25) is 6.77 Å². The van der Waals surface area contributed by atoms with Gasteiger partial charge in [0.05, 0.1) is 6.04 Å². The summed E-state index contributed by atoms with van der Waals surface area (Å²) in [6.45, 7) is -1.06. The van der Waals surface area contributed by atoms with Crippen molar-refractivity contribution < 1.29 is 20.7 Å². The van der Waals surface area contributed by atoms with E-state index in [0.717, 1.165) is 27.7 Å². The molecule has 5 rings (SSSR count). The Labute approximate surface area is 144 Å². The average Bonchev–Trinajstić information content (AvgIpc) is 3.19. The number of benzene rings is 2. The summed E-state index contributed by atoms with van der Waals surface area (Å²) < 4.78 is 18.2. The molecule has 3 aromatic rings. The number of aromatic nitrogens is 1. The number of aliphatic carboxylic acids is 1. The highest BCUT2D eigenvalue weighted by atomic mass is 16.7. The smallest absolute Gasteiger partial charge is 0.321 e. The van der Waals surface area contributed by atoms with Crippen molar-refractivity contribution in [2.24, 2.45) is 0 Å². The lowest BCUT2D eigenvalue weighted by molar-refractivity contribution is -0.139. The number of fused-ring (bicyclic) bond motifs is 4. The number of carbonyl (C=O) groups is 1. The van der Waals surface area contributed by atoms with Gasteiger partial charge in [-0.2, -0.15) is 0 Å². The summed E-state index contributed by atoms with van der Waals surface area (Å²) in [7, 11) is 0. The Bertz CT molecular complexity index is 1030. The van der Waals surface area contributed by atoms with Gasteiger partial charge in [0.15, 0.2) is 11.5 Å². The molecule has 2 aromatic carbocycles. The first kappa shape index (κ1) is 13.3. The highest BCUT2D eigenvalue weighted by molar-refractivity contribution is 5.87. The second-order valence-electron chi connectivity index (χ2n) is 6.30. The van der Waals surface area contributed by atoms with E-state index in [4.69, 9.17) is 10.8 Å². The van der Waals surface area contributed by atoms with E-state index in [1.54, 1.807) is 12.1 Å². The Morgan fingerprint density at radius 3 is 2.92 bits per heavy atom. The number of carboxylic acid groups (broad SMARTS) is 1. The normalized spacial score (nSPS) is 24.8. The van der Waals surface area contributed by atoms with E-state index in [1.165, 1.54) is 0 Å². The summed E-state index contributed by atoms with van der Waals surface area (Å²) in [5.74, 6) is 0.147. The van der Waals surface area contributed by atoms with Crippen molar-refractivity contribution in [3.8, 4) is 11.5 Å². The van der Waals surface area contributed by atoms with Gasteiger partial charge in [-0.1, -0.05) is 24.3 Å². The van der Waals surface area contributed by atoms with Crippen LogP contribution in [0, 0.1) is 0 Å². The van der Waals surface area contributed by atoms with Crippen molar-refractivity contribution in [1.29, 1.82) is 0 Å². The van der Waals surface area contributed by atoms with Crippen LogP contribution in [0.3, 0.4) is 0 Å². The average molecular weight is 337 g/mol. The molecular weight excluding hydrogens is 320 g/mol. The molecule has 3 N–H and O–H groups in total. The molecule has 2 aliphatic rings. The van der Waals surface area contributed by atoms with Gasteiger partial charge in [0.25, 0.3) is 0 Å². The van der Waals surface area contributed by atoms with Crippen LogP contribution < -0.4 is 14.8 Å². The number of para-hydroxylation sites is 1. The molecule has 2 aliphatic heterocycles. The number of rotatable bonds is 2. The third kappa shape index (κ3) is 2.18. The minimum Gasteiger partial charge on any atom is -0.480 e. The molecule has 0 radical (unpaired) electrons. The second kappa shape index (κ2) is 5.26. The molecule has 25 heavy (non-hydrogen) atoms. The zero-order valence-electron chi connectivity index (χ0n) is 14.2. The molecule has 0 saturated heterocycles. The molecule has 0 fully saturated rings. The number of hydrogen-bond donors (Lipinski definition) is 3. The number of hydrogen-bond acceptors (Lipinski definition) is 4. The molecule has 1 aromatic heterocycles. The van der Waals surface area contributed by atoms with Crippen molar-refractivity contribution in [3.63, 3.8) is 0 Å². The van der Waals surface area contributed by atoms with Crippen LogP contribution in [0.4, 0.5) is 0 Å². The van der Waals surface area contributed by atoms with Crippen LogP contribution in [0.2, 0.25) is 0 Å². The number of aromatic amines is 1. The first-order chi connectivity index (χ1) is 12.6. The standard InChI is InChI=1S/C19H16N2O4/c22-19(23)14-8-12-11-3-1-2-4-13(11)20-18(12)17(21-14)10-5-6-15-16(7-10)25-9-24-15/h1-7,14,17,20-21H,8-9H2,(H,22,23)/i9D. The van der Waals surface area contributed by atoms with Crippen LogP contribution in [0.25, 0.3) is 10.9 Å². The molecule has 0 amide bonds. The van der Waals surface area contributed by atoms with E-state index >= 15 is 0 Å². The molecule has 0 bridgehead atoms. The van der Waals surface area contributed by atoms with Crippen LogP contribution in [0.15, 0.2) is 42.5 Å². The van der Waals surface area contributed by atoms with E-state index in [2.05, 4.69) is 10.3 Å². The van der Waals surface area contributed by atoms with Gasteiger partial charge in [-0.05, 0) is 29.3 Å². The van der Waals surface area contributed by atoms with Crippen LogP contribution in [-0.4, -0.2) is 28.9 Å². The minimum absolute atomic E-state index is 0.314. The van der Waals surface area contributed by atoms with Crippen LogP contribution in [-0.2, 0) is 11.2 Å². The van der Waals surface area contributed by atoms with Crippen molar-refractivity contribution in [2.75, 3.05) is 6.77 Å². The Morgan fingerprint density at radius 1 is 1.20 bits per heavy atom. The number of H-pyrrole nitrogens is 1. The topological polar surface area (TPSA) is 83.6 Å². The molecule has 3 heterocycles. The molecule has 0 aliphatic carbocycles. The number of nitrogens with one attached hydrogen (secondary N) is 2. The van der Waals surface area contributed by atoms with E-state index in [1.807, 2.05) is 30.3 Å². The lowest BCUT2D eigenvalue weighted by Gasteiger charge is -2.29. The van der Waals surface area contributed by atoms with Crippen LogP contribution in [0.1, 0.15) is 24.2 Å². The first-order valence-electron chi connectivity index (χ1n) is 8.66. The number of ether oxygens (including phenoxy) is 2. The van der Waals surface area contributed by atoms with Crippen molar-refractivity contribution in [2.45, 2.75) is 18.5 Å². The summed E-state index contributed by atoms with van der Waals surface area (Å²) in [5, 5.41) is 13.8. The fourth-order valence-corrected chi connectivity index (χ4v) is 3.68. The quantitative estimate of drug-likeness (QED) is 0.669. The van der Waals surface area contributed by atoms with Crippen molar-refractivity contribution in [3.05, 3.63) is 59.3 Å². The van der Waals surface area contributed by atoms with E-state index in [9.17, 15) is 9.90 Å². The fourth-order valence-electron chi connectivity index (χ4n) is 3.68.